The normalized spacial score (nSPS) is 21.2. The molecule has 0 radical (unpaired) electrons. The number of hydrogen-bond donors (Lipinski definition) is 1. The average Bonchev–Trinajstić information content (AvgIpc) is 2.29. The number of aromatic nitrogens is 1. The van der Waals surface area contributed by atoms with E-state index in [9.17, 15) is 4.79 Å². The molecule has 1 aromatic heterocycles. The largest absolute Gasteiger partial charge is 0.310 e. The second-order valence-corrected chi connectivity index (χ2v) is 4.19. The Morgan fingerprint density at radius 1 is 1.50 bits per heavy atom. The maximum absolute atomic E-state index is 12.1. The second-order valence-electron chi connectivity index (χ2n) is 4.19. The summed E-state index contributed by atoms with van der Waals surface area (Å²) in [5, 5.41) is 3.06. The lowest BCUT2D eigenvalue weighted by atomic mass is 10.0. The molecule has 86 valence electrons. The molecule has 2 heterocycles. The van der Waals surface area contributed by atoms with Crippen molar-refractivity contribution >= 4 is 11.6 Å². The quantitative estimate of drug-likeness (QED) is 0.810. The van der Waals surface area contributed by atoms with Crippen LogP contribution in [0.25, 0.3) is 0 Å². The van der Waals surface area contributed by atoms with Crippen molar-refractivity contribution in [2.75, 3.05) is 18.5 Å². The number of carbonyl (C=O) groups excluding carboxylic acids is 1. The van der Waals surface area contributed by atoms with Crippen LogP contribution in [0.5, 0.6) is 0 Å². The van der Waals surface area contributed by atoms with Crippen LogP contribution in [0.2, 0.25) is 0 Å². The van der Waals surface area contributed by atoms with Crippen LogP contribution in [-0.2, 0) is 4.79 Å². The molecule has 1 saturated heterocycles. The van der Waals surface area contributed by atoms with Gasteiger partial charge in [-0.1, -0.05) is 0 Å². The molecule has 1 N–H and O–H groups in total. The van der Waals surface area contributed by atoms with Crippen LogP contribution in [0.4, 0.5) is 5.69 Å². The zero-order valence-electron chi connectivity index (χ0n) is 9.73. The number of anilines is 1. The molecule has 16 heavy (non-hydrogen) atoms. The van der Waals surface area contributed by atoms with Gasteiger partial charge in [-0.25, -0.2) is 0 Å². The number of rotatable bonds is 2. The number of nitrogens with zero attached hydrogens (tertiary/aromatic N) is 2. The number of nitrogens with one attached hydrogen (secondary N) is 1. The molecule has 1 aliphatic heterocycles. The molecule has 1 unspecified atom stereocenters. The minimum Gasteiger partial charge on any atom is -0.310 e. The summed E-state index contributed by atoms with van der Waals surface area (Å²) in [6.07, 6.45) is 5.51. The molecule has 4 heteroatoms. The predicted octanol–water partition coefficient (Wildman–Crippen LogP) is 1.10. The first-order valence-corrected chi connectivity index (χ1v) is 5.62. The molecule has 1 amide bonds. The molecular formula is C12H17N3O. The predicted molar refractivity (Wildman–Crippen MR) is 63.4 cm³/mol. The zero-order chi connectivity index (χ0) is 11.5. The third-order valence-electron chi connectivity index (χ3n) is 2.96. The Labute approximate surface area is 95.7 Å². The number of hydrogen-bond acceptors (Lipinski definition) is 3. The SMILES string of the molecule is CNC1CCCN(c2cncc(C)c2)C1=O. The topological polar surface area (TPSA) is 45.2 Å². The fourth-order valence-corrected chi connectivity index (χ4v) is 2.09. The van der Waals surface area contributed by atoms with E-state index < -0.39 is 0 Å². The maximum Gasteiger partial charge on any atom is 0.244 e. The van der Waals surface area contributed by atoms with Gasteiger partial charge in [0.15, 0.2) is 0 Å². The van der Waals surface area contributed by atoms with E-state index in [0.717, 1.165) is 30.6 Å². The highest BCUT2D eigenvalue weighted by Crippen LogP contribution is 2.20. The van der Waals surface area contributed by atoms with Crippen molar-refractivity contribution in [3.63, 3.8) is 0 Å². The summed E-state index contributed by atoms with van der Waals surface area (Å²) >= 11 is 0. The van der Waals surface area contributed by atoms with E-state index in [0.29, 0.717) is 0 Å². The van der Waals surface area contributed by atoms with E-state index in [2.05, 4.69) is 10.3 Å². The highest BCUT2D eigenvalue weighted by molar-refractivity contribution is 5.97. The van der Waals surface area contributed by atoms with Crippen LogP contribution in [0.15, 0.2) is 18.5 Å². The summed E-state index contributed by atoms with van der Waals surface area (Å²) in [4.78, 5) is 18.1. The Morgan fingerprint density at radius 3 is 3.00 bits per heavy atom. The molecule has 1 aromatic rings. The van der Waals surface area contributed by atoms with Crippen molar-refractivity contribution < 1.29 is 4.79 Å². The Kier molecular flexibility index (Phi) is 3.19. The van der Waals surface area contributed by atoms with Crippen molar-refractivity contribution in [3.8, 4) is 0 Å². The molecule has 0 spiro atoms. The highest BCUT2D eigenvalue weighted by Gasteiger charge is 2.28. The van der Waals surface area contributed by atoms with Crippen molar-refractivity contribution in [3.05, 3.63) is 24.0 Å². The van der Waals surface area contributed by atoms with Gasteiger partial charge in [0.25, 0.3) is 0 Å². The first-order chi connectivity index (χ1) is 7.72. The van der Waals surface area contributed by atoms with Crippen LogP contribution in [0.3, 0.4) is 0 Å². The lowest BCUT2D eigenvalue weighted by Crippen LogP contribution is -2.49. The van der Waals surface area contributed by atoms with Crippen molar-refractivity contribution in [1.29, 1.82) is 0 Å². The van der Waals surface area contributed by atoms with E-state index in [1.807, 2.05) is 24.9 Å². The molecule has 1 fully saturated rings. The number of amides is 1. The molecule has 4 nitrogen and oxygen atoms in total. The number of carbonyl (C=O) groups is 1. The highest BCUT2D eigenvalue weighted by atomic mass is 16.2. The van der Waals surface area contributed by atoms with E-state index in [-0.39, 0.29) is 11.9 Å². The lowest BCUT2D eigenvalue weighted by Gasteiger charge is -2.32. The van der Waals surface area contributed by atoms with Gasteiger partial charge < -0.3 is 10.2 Å². The van der Waals surface area contributed by atoms with E-state index in [1.54, 1.807) is 12.4 Å². The molecule has 0 saturated carbocycles. The first kappa shape index (κ1) is 11.1. The average molecular weight is 219 g/mol. The summed E-state index contributed by atoms with van der Waals surface area (Å²) in [6.45, 7) is 2.78. The van der Waals surface area contributed by atoms with Gasteiger partial charge in [0.1, 0.15) is 0 Å². The van der Waals surface area contributed by atoms with Crippen LogP contribution >= 0.6 is 0 Å². The summed E-state index contributed by atoms with van der Waals surface area (Å²) in [5.41, 5.74) is 1.99. The Balaban J connectivity index is 2.23. The van der Waals surface area contributed by atoms with Gasteiger partial charge in [0.05, 0.1) is 17.9 Å². The zero-order valence-corrected chi connectivity index (χ0v) is 9.73. The Bertz CT molecular complexity index is 392. The maximum atomic E-state index is 12.1. The van der Waals surface area contributed by atoms with Gasteiger partial charge >= 0.3 is 0 Å². The summed E-state index contributed by atoms with van der Waals surface area (Å²) in [7, 11) is 1.83. The first-order valence-electron chi connectivity index (χ1n) is 5.62. The minimum absolute atomic E-state index is 0.0470. The molecule has 1 aliphatic rings. The van der Waals surface area contributed by atoms with Crippen molar-refractivity contribution in [1.82, 2.24) is 10.3 Å². The lowest BCUT2D eigenvalue weighted by molar-refractivity contribution is -0.121. The van der Waals surface area contributed by atoms with E-state index in [1.165, 1.54) is 0 Å². The second kappa shape index (κ2) is 4.61. The molecular weight excluding hydrogens is 202 g/mol. The van der Waals surface area contributed by atoms with Gasteiger partial charge in [0.2, 0.25) is 5.91 Å². The summed E-state index contributed by atoms with van der Waals surface area (Å²) in [5.74, 6) is 0.154. The van der Waals surface area contributed by atoms with Crippen LogP contribution in [0, 0.1) is 6.92 Å². The van der Waals surface area contributed by atoms with Crippen molar-refractivity contribution in [2.24, 2.45) is 0 Å². The van der Waals surface area contributed by atoms with E-state index >= 15 is 0 Å². The fraction of sp³-hybridized carbons (Fsp3) is 0.500. The third-order valence-corrected chi connectivity index (χ3v) is 2.96. The van der Waals surface area contributed by atoms with Gasteiger partial charge in [-0.2, -0.15) is 0 Å². The van der Waals surface area contributed by atoms with E-state index in [4.69, 9.17) is 0 Å². The number of pyridine rings is 1. The fourth-order valence-electron chi connectivity index (χ4n) is 2.09. The number of piperidine rings is 1. The monoisotopic (exact) mass is 219 g/mol. The summed E-state index contributed by atoms with van der Waals surface area (Å²) < 4.78 is 0. The van der Waals surface area contributed by atoms with Crippen LogP contribution < -0.4 is 10.2 Å². The molecule has 0 aliphatic carbocycles. The Hall–Kier alpha value is -1.42. The molecule has 0 aromatic carbocycles. The van der Waals surface area contributed by atoms with Gasteiger partial charge in [-0.05, 0) is 38.4 Å². The van der Waals surface area contributed by atoms with Gasteiger partial charge in [0, 0.05) is 12.7 Å². The molecule has 2 rings (SSSR count). The number of likely N-dealkylation sites (N-methyl/N-ethyl adjacent to an activating group) is 1. The van der Waals surface area contributed by atoms with Gasteiger partial charge in [-0.15, -0.1) is 0 Å². The smallest absolute Gasteiger partial charge is 0.244 e. The number of aryl methyl sites for hydroxylation is 1. The molecule has 0 bridgehead atoms. The van der Waals surface area contributed by atoms with Crippen LogP contribution in [0.1, 0.15) is 18.4 Å². The Morgan fingerprint density at radius 2 is 2.31 bits per heavy atom. The minimum atomic E-state index is -0.0470. The third kappa shape index (κ3) is 2.07. The molecule has 1 atom stereocenters. The van der Waals surface area contributed by atoms with Crippen LogP contribution in [-0.4, -0.2) is 30.5 Å². The summed E-state index contributed by atoms with van der Waals surface area (Å²) in [6, 6.07) is 1.96. The standard InChI is InChI=1S/C12H17N3O/c1-9-6-10(8-14-7-9)15-5-3-4-11(13-2)12(15)16/h6-8,11,13H,3-5H2,1-2H3. The van der Waals surface area contributed by atoms with Gasteiger partial charge in [-0.3, -0.25) is 9.78 Å². The van der Waals surface area contributed by atoms with Crippen molar-refractivity contribution in [2.45, 2.75) is 25.8 Å².